The lowest BCUT2D eigenvalue weighted by Crippen LogP contribution is -2.40. The molecule has 0 aliphatic heterocycles. The standard InChI is InChI=1S/C15H24N2S/c1-15(2,3)18-10-13(17-16)9-12-8-11-6-4-5-7-14(11)12/h4-7,12-13,17H,8-10,16H2,1-3H3. The fourth-order valence-electron chi connectivity index (χ4n) is 2.45. The zero-order valence-electron chi connectivity index (χ0n) is 11.6. The highest BCUT2D eigenvalue weighted by Crippen LogP contribution is 2.38. The molecule has 1 aromatic carbocycles. The number of hydrazine groups is 1. The molecule has 0 heterocycles. The molecule has 3 N–H and O–H groups in total. The van der Waals surface area contributed by atoms with Crippen molar-refractivity contribution in [3.8, 4) is 0 Å². The van der Waals surface area contributed by atoms with Crippen LogP contribution in [0.15, 0.2) is 24.3 Å². The van der Waals surface area contributed by atoms with E-state index >= 15 is 0 Å². The molecule has 2 nitrogen and oxygen atoms in total. The Hall–Kier alpha value is -0.510. The molecule has 2 unspecified atom stereocenters. The maximum absolute atomic E-state index is 5.69. The number of nitrogens with one attached hydrogen (secondary N) is 1. The third-order valence-electron chi connectivity index (χ3n) is 3.48. The lowest BCUT2D eigenvalue weighted by atomic mass is 9.75. The predicted molar refractivity (Wildman–Crippen MR) is 80.8 cm³/mol. The smallest absolute Gasteiger partial charge is 0.0307 e. The van der Waals surface area contributed by atoms with Crippen LogP contribution in [0.3, 0.4) is 0 Å². The summed E-state index contributed by atoms with van der Waals surface area (Å²) in [6.07, 6.45) is 2.37. The third-order valence-corrected chi connectivity index (χ3v) is 4.92. The van der Waals surface area contributed by atoms with Gasteiger partial charge in [-0.2, -0.15) is 11.8 Å². The van der Waals surface area contributed by atoms with Crippen molar-refractivity contribution in [1.82, 2.24) is 5.43 Å². The number of rotatable bonds is 5. The van der Waals surface area contributed by atoms with Crippen molar-refractivity contribution < 1.29 is 0 Å². The van der Waals surface area contributed by atoms with Gasteiger partial charge >= 0.3 is 0 Å². The molecule has 100 valence electrons. The van der Waals surface area contributed by atoms with Crippen molar-refractivity contribution in [2.24, 2.45) is 5.84 Å². The van der Waals surface area contributed by atoms with Gasteiger partial charge in [-0.25, -0.2) is 0 Å². The summed E-state index contributed by atoms with van der Waals surface area (Å²) >= 11 is 1.98. The Morgan fingerprint density at radius 1 is 1.39 bits per heavy atom. The number of benzene rings is 1. The topological polar surface area (TPSA) is 38.0 Å². The minimum Gasteiger partial charge on any atom is -0.271 e. The first-order valence-electron chi connectivity index (χ1n) is 6.67. The van der Waals surface area contributed by atoms with Crippen LogP contribution in [0, 0.1) is 0 Å². The Morgan fingerprint density at radius 2 is 2.11 bits per heavy atom. The minimum absolute atomic E-state index is 0.312. The van der Waals surface area contributed by atoms with Crippen molar-refractivity contribution in [3.63, 3.8) is 0 Å². The van der Waals surface area contributed by atoms with Crippen LogP contribution in [0.4, 0.5) is 0 Å². The summed E-state index contributed by atoms with van der Waals surface area (Å²) in [6, 6.07) is 9.17. The normalized spacial score (nSPS) is 20.1. The molecule has 1 aliphatic carbocycles. The molecule has 0 aromatic heterocycles. The lowest BCUT2D eigenvalue weighted by molar-refractivity contribution is 0.451. The summed E-state index contributed by atoms with van der Waals surface area (Å²) in [5.41, 5.74) is 6.03. The Bertz CT molecular complexity index is 398. The number of fused-ring (bicyclic) bond motifs is 1. The maximum atomic E-state index is 5.69. The zero-order valence-corrected chi connectivity index (χ0v) is 12.4. The largest absolute Gasteiger partial charge is 0.271 e. The van der Waals surface area contributed by atoms with Gasteiger partial charge in [0.25, 0.3) is 0 Å². The van der Waals surface area contributed by atoms with E-state index < -0.39 is 0 Å². The summed E-state index contributed by atoms with van der Waals surface area (Å²) < 4.78 is 0.312. The molecule has 2 rings (SSSR count). The van der Waals surface area contributed by atoms with E-state index in [1.54, 1.807) is 0 Å². The molecular weight excluding hydrogens is 240 g/mol. The number of thioether (sulfide) groups is 1. The Labute approximate surface area is 115 Å². The first kappa shape index (κ1) is 13.9. The first-order chi connectivity index (χ1) is 8.49. The summed E-state index contributed by atoms with van der Waals surface area (Å²) in [5.74, 6) is 7.46. The molecule has 3 heteroatoms. The van der Waals surface area contributed by atoms with Crippen LogP contribution in [0.5, 0.6) is 0 Å². The Morgan fingerprint density at radius 3 is 2.72 bits per heavy atom. The van der Waals surface area contributed by atoms with Gasteiger partial charge in [0.15, 0.2) is 0 Å². The molecule has 0 saturated heterocycles. The van der Waals surface area contributed by atoms with Crippen LogP contribution in [0.25, 0.3) is 0 Å². The number of hydrogen-bond donors (Lipinski definition) is 2. The van der Waals surface area contributed by atoms with Gasteiger partial charge in [-0.05, 0) is 29.9 Å². The number of hydrogen-bond acceptors (Lipinski definition) is 3. The molecule has 0 fully saturated rings. The fourth-order valence-corrected chi connectivity index (χ4v) is 3.38. The Balaban J connectivity index is 1.86. The summed E-state index contributed by atoms with van der Waals surface area (Å²) in [7, 11) is 0. The van der Waals surface area contributed by atoms with E-state index in [1.165, 1.54) is 17.5 Å². The van der Waals surface area contributed by atoms with Gasteiger partial charge < -0.3 is 0 Å². The summed E-state index contributed by atoms with van der Waals surface area (Å²) in [6.45, 7) is 6.76. The second kappa shape index (κ2) is 5.64. The lowest BCUT2D eigenvalue weighted by Gasteiger charge is -2.33. The van der Waals surface area contributed by atoms with Gasteiger partial charge in [-0.15, -0.1) is 0 Å². The molecule has 2 atom stereocenters. The average molecular weight is 264 g/mol. The highest BCUT2D eigenvalue weighted by Gasteiger charge is 2.28. The number of nitrogens with two attached hydrogens (primary N) is 1. The van der Waals surface area contributed by atoms with Gasteiger partial charge in [-0.1, -0.05) is 45.0 Å². The summed E-state index contributed by atoms with van der Waals surface area (Å²) in [4.78, 5) is 0. The van der Waals surface area contributed by atoms with E-state index in [9.17, 15) is 0 Å². The van der Waals surface area contributed by atoms with E-state index in [2.05, 4.69) is 50.5 Å². The molecule has 0 radical (unpaired) electrons. The van der Waals surface area contributed by atoms with Crippen molar-refractivity contribution in [2.75, 3.05) is 5.75 Å². The minimum atomic E-state index is 0.312. The van der Waals surface area contributed by atoms with Gasteiger partial charge in [0, 0.05) is 16.5 Å². The van der Waals surface area contributed by atoms with E-state index in [0.29, 0.717) is 16.7 Å². The van der Waals surface area contributed by atoms with Crippen molar-refractivity contribution in [3.05, 3.63) is 35.4 Å². The quantitative estimate of drug-likeness (QED) is 0.634. The molecular formula is C15H24N2S. The summed E-state index contributed by atoms with van der Waals surface area (Å²) in [5, 5.41) is 0. The molecule has 1 aliphatic rings. The maximum Gasteiger partial charge on any atom is 0.0307 e. The Kier molecular flexibility index (Phi) is 4.36. The van der Waals surface area contributed by atoms with Crippen LogP contribution in [0.1, 0.15) is 44.2 Å². The monoisotopic (exact) mass is 264 g/mol. The average Bonchev–Trinajstić information content (AvgIpc) is 2.28. The van der Waals surface area contributed by atoms with Crippen LogP contribution in [0.2, 0.25) is 0 Å². The predicted octanol–water partition coefficient (Wildman–Crippen LogP) is 3.08. The second-order valence-corrected chi connectivity index (χ2v) is 7.97. The highest BCUT2D eigenvalue weighted by atomic mass is 32.2. The van der Waals surface area contributed by atoms with E-state index in [1.807, 2.05) is 11.8 Å². The van der Waals surface area contributed by atoms with Crippen molar-refractivity contribution in [1.29, 1.82) is 0 Å². The zero-order chi connectivity index (χ0) is 13.2. The van der Waals surface area contributed by atoms with Gasteiger partial charge in [0.05, 0.1) is 0 Å². The van der Waals surface area contributed by atoms with Crippen LogP contribution in [-0.4, -0.2) is 16.5 Å². The molecule has 1 aromatic rings. The van der Waals surface area contributed by atoms with Crippen molar-refractivity contribution >= 4 is 11.8 Å². The molecule has 0 spiro atoms. The van der Waals surface area contributed by atoms with E-state index in [0.717, 1.165) is 12.2 Å². The second-order valence-electron chi connectivity index (χ2n) is 6.12. The molecule has 0 saturated carbocycles. The van der Waals surface area contributed by atoms with Gasteiger partial charge in [0.2, 0.25) is 0 Å². The fraction of sp³-hybridized carbons (Fsp3) is 0.600. The van der Waals surface area contributed by atoms with Crippen LogP contribution >= 0.6 is 11.8 Å². The SMILES string of the molecule is CC(C)(C)SCC(CC1Cc2ccccc21)NN. The third kappa shape index (κ3) is 3.50. The van der Waals surface area contributed by atoms with Gasteiger partial charge in [0.1, 0.15) is 0 Å². The van der Waals surface area contributed by atoms with Crippen LogP contribution in [-0.2, 0) is 6.42 Å². The first-order valence-corrected chi connectivity index (χ1v) is 7.66. The molecule has 0 amide bonds. The molecule has 18 heavy (non-hydrogen) atoms. The van der Waals surface area contributed by atoms with E-state index in [-0.39, 0.29) is 0 Å². The molecule has 0 bridgehead atoms. The van der Waals surface area contributed by atoms with Crippen LogP contribution < -0.4 is 11.3 Å². The van der Waals surface area contributed by atoms with Gasteiger partial charge in [-0.3, -0.25) is 11.3 Å². The van der Waals surface area contributed by atoms with Crippen molar-refractivity contribution in [2.45, 2.75) is 50.3 Å². The highest BCUT2D eigenvalue weighted by molar-refractivity contribution is 8.00. The van der Waals surface area contributed by atoms with E-state index in [4.69, 9.17) is 5.84 Å².